The van der Waals surface area contributed by atoms with Crippen LogP contribution in [-0.4, -0.2) is 53.6 Å². The van der Waals surface area contributed by atoms with Gasteiger partial charge in [-0.05, 0) is 36.6 Å². The van der Waals surface area contributed by atoms with Crippen LogP contribution in [0.1, 0.15) is 23.6 Å². The zero-order valence-corrected chi connectivity index (χ0v) is 23.3. The number of aromatic nitrogens is 1. The minimum atomic E-state index is -1.79. The monoisotopic (exact) mass is 558 g/mol. The number of H-pyrrole nitrogens is 1. The highest BCUT2D eigenvalue weighted by Gasteiger charge is 2.47. The molecule has 0 saturated heterocycles. The minimum Gasteiger partial charge on any atom is -0.493 e. The predicted molar refractivity (Wildman–Crippen MR) is 154 cm³/mol. The third-order valence-electron chi connectivity index (χ3n) is 7.09. The maximum Gasteiger partial charge on any atom is 0.417 e. The summed E-state index contributed by atoms with van der Waals surface area (Å²) in [4.78, 5) is 44.6. The molecule has 1 unspecified atom stereocenters. The number of ether oxygens (including phenoxy) is 3. The Morgan fingerprint density at radius 3 is 2.32 bits per heavy atom. The molecule has 10 heteroatoms. The van der Waals surface area contributed by atoms with Gasteiger partial charge < -0.3 is 30.7 Å². The number of hydrogen-bond acceptors (Lipinski definition) is 7. The Bertz CT molecular complexity index is 1540. The van der Waals surface area contributed by atoms with Crippen LogP contribution in [0.15, 0.2) is 79.0 Å². The minimum absolute atomic E-state index is 0.0354. The molecule has 0 saturated carbocycles. The summed E-state index contributed by atoms with van der Waals surface area (Å²) in [6.45, 7) is 1.17. The molecule has 10 nitrogen and oxygen atoms in total. The largest absolute Gasteiger partial charge is 0.493 e. The van der Waals surface area contributed by atoms with E-state index in [1.165, 1.54) is 21.1 Å². The molecule has 2 atom stereocenters. The SMILES string of the molecule is COc1cccc(COC(=O)N(C(=O)[C@@H](N)Cc2c[nH]c3ccccc23)C(C)(Cc2ccccc2)C(N)=O)c1OC. The maximum atomic E-state index is 14.0. The Morgan fingerprint density at radius 2 is 1.63 bits per heavy atom. The molecule has 0 aliphatic rings. The molecule has 41 heavy (non-hydrogen) atoms. The van der Waals surface area contributed by atoms with Gasteiger partial charge in [0.15, 0.2) is 11.5 Å². The van der Waals surface area contributed by atoms with E-state index >= 15 is 0 Å². The number of hydrogen-bond donors (Lipinski definition) is 3. The van der Waals surface area contributed by atoms with E-state index in [2.05, 4.69) is 4.98 Å². The van der Waals surface area contributed by atoms with E-state index < -0.39 is 29.5 Å². The van der Waals surface area contributed by atoms with Crippen molar-refractivity contribution >= 4 is 28.8 Å². The van der Waals surface area contributed by atoms with Gasteiger partial charge in [-0.1, -0.05) is 60.7 Å². The summed E-state index contributed by atoms with van der Waals surface area (Å²) < 4.78 is 16.4. The molecule has 1 aromatic heterocycles. The highest BCUT2D eigenvalue weighted by Crippen LogP contribution is 2.32. The van der Waals surface area contributed by atoms with E-state index in [4.69, 9.17) is 25.7 Å². The number of carbonyl (C=O) groups excluding carboxylic acids is 3. The second-order valence-electron chi connectivity index (χ2n) is 9.85. The average Bonchev–Trinajstić information content (AvgIpc) is 3.38. The van der Waals surface area contributed by atoms with Gasteiger partial charge >= 0.3 is 6.09 Å². The van der Waals surface area contributed by atoms with Crippen molar-refractivity contribution in [1.82, 2.24) is 9.88 Å². The van der Waals surface area contributed by atoms with Gasteiger partial charge in [0.1, 0.15) is 12.1 Å². The Hall–Kier alpha value is -4.83. The zero-order valence-electron chi connectivity index (χ0n) is 23.3. The van der Waals surface area contributed by atoms with Gasteiger partial charge in [0.05, 0.1) is 20.3 Å². The molecule has 0 bridgehead atoms. The van der Waals surface area contributed by atoms with E-state index in [1.807, 2.05) is 30.3 Å². The van der Waals surface area contributed by atoms with Crippen LogP contribution in [0.25, 0.3) is 10.9 Å². The van der Waals surface area contributed by atoms with E-state index in [0.717, 1.165) is 21.4 Å². The summed E-state index contributed by atoms with van der Waals surface area (Å²) in [6.07, 6.45) is 0.779. The van der Waals surface area contributed by atoms with Gasteiger partial charge in [-0.25, -0.2) is 9.69 Å². The number of nitrogens with two attached hydrogens (primary N) is 2. The molecular formula is C31H34N4O6. The number of nitrogens with one attached hydrogen (secondary N) is 1. The average molecular weight is 559 g/mol. The van der Waals surface area contributed by atoms with Crippen LogP contribution in [0.4, 0.5) is 4.79 Å². The molecule has 0 spiro atoms. The second-order valence-corrected chi connectivity index (χ2v) is 9.85. The lowest BCUT2D eigenvalue weighted by molar-refractivity contribution is -0.144. The first-order chi connectivity index (χ1) is 19.7. The van der Waals surface area contributed by atoms with Gasteiger partial charge in [0.2, 0.25) is 11.8 Å². The molecule has 0 aliphatic carbocycles. The molecule has 0 fully saturated rings. The standard InChI is InChI=1S/C31H34N4O6/c1-31(29(33)37,17-20-10-5-4-6-11-20)35(30(38)41-19-21-12-9-15-26(39-2)27(21)40-3)28(36)24(32)16-22-18-34-25-14-8-7-13-23(22)25/h4-15,18,24,34H,16-17,19,32H2,1-3H3,(H2,33,37)/t24-,31?/m0/s1. The summed E-state index contributed by atoms with van der Waals surface area (Å²) in [5.74, 6) is -0.862. The Morgan fingerprint density at radius 1 is 0.927 bits per heavy atom. The number of aromatic amines is 1. The van der Waals surface area contributed by atoms with E-state index in [9.17, 15) is 14.4 Å². The van der Waals surface area contributed by atoms with Crippen molar-refractivity contribution in [2.45, 2.75) is 38.0 Å². The van der Waals surface area contributed by atoms with E-state index in [0.29, 0.717) is 22.6 Å². The van der Waals surface area contributed by atoms with Gasteiger partial charge in [0.25, 0.3) is 0 Å². The molecule has 3 amide bonds. The molecule has 214 valence electrons. The van der Waals surface area contributed by atoms with Crippen LogP contribution < -0.4 is 20.9 Å². The van der Waals surface area contributed by atoms with Gasteiger partial charge in [0, 0.05) is 29.1 Å². The number of primary amides is 1. The highest BCUT2D eigenvalue weighted by molar-refractivity contribution is 6.02. The predicted octanol–water partition coefficient (Wildman–Crippen LogP) is 3.71. The van der Waals surface area contributed by atoms with Crippen molar-refractivity contribution in [3.63, 3.8) is 0 Å². The van der Waals surface area contributed by atoms with Crippen molar-refractivity contribution in [1.29, 1.82) is 0 Å². The lowest BCUT2D eigenvalue weighted by Crippen LogP contribution is -2.64. The zero-order chi connectivity index (χ0) is 29.6. The third-order valence-corrected chi connectivity index (χ3v) is 7.09. The molecule has 0 aliphatic heterocycles. The summed E-state index contributed by atoms with van der Waals surface area (Å²) in [7, 11) is 2.96. The van der Waals surface area contributed by atoms with Crippen molar-refractivity contribution in [2.75, 3.05) is 14.2 Å². The Balaban J connectivity index is 1.67. The fourth-order valence-electron chi connectivity index (χ4n) is 4.87. The number of para-hydroxylation sites is 2. The smallest absolute Gasteiger partial charge is 0.417 e. The first kappa shape index (κ1) is 29.2. The number of benzene rings is 3. The summed E-state index contributed by atoms with van der Waals surface area (Å²) in [5.41, 5.74) is 13.4. The first-order valence-corrected chi connectivity index (χ1v) is 13.0. The van der Waals surface area contributed by atoms with Gasteiger partial charge in [-0.2, -0.15) is 0 Å². The second kappa shape index (κ2) is 12.6. The van der Waals surface area contributed by atoms with Crippen molar-refractivity contribution in [2.24, 2.45) is 11.5 Å². The maximum absolute atomic E-state index is 14.0. The molecule has 0 radical (unpaired) electrons. The van der Waals surface area contributed by atoms with E-state index in [-0.39, 0.29) is 19.4 Å². The van der Waals surface area contributed by atoms with Crippen molar-refractivity contribution < 1.29 is 28.6 Å². The molecule has 3 aromatic carbocycles. The third kappa shape index (κ3) is 6.17. The Labute approximate surface area is 238 Å². The molecule has 4 aromatic rings. The van der Waals surface area contributed by atoms with E-state index in [1.54, 1.807) is 48.7 Å². The lowest BCUT2D eigenvalue weighted by Gasteiger charge is -2.38. The number of fused-ring (bicyclic) bond motifs is 1. The normalized spacial score (nSPS) is 13.2. The van der Waals surface area contributed by atoms with Crippen LogP contribution in [0.3, 0.4) is 0 Å². The summed E-state index contributed by atoms with van der Waals surface area (Å²) >= 11 is 0. The van der Waals surface area contributed by atoms with Crippen LogP contribution >= 0.6 is 0 Å². The van der Waals surface area contributed by atoms with Crippen LogP contribution in [-0.2, 0) is 33.8 Å². The number of imide groups is 1. The molecular weight excluding hydrogens is 524 g/mol. The van der Waals surface area contributed by atoms with Crippen molar-refractivity contribution in [3.8, 4) is 11.5 Å². The number of nitrogens with zero attached hydrogens (tertiary/aromatic N) is 1. The molecule has 5 N–H and O–H groups in total. The fraction of sp³-hybridized carbons (Fsp3) is 0.258. The number of amides is 3. The fourth-order valence-corrected chi connectivity index (χ4v) is 4.87. The Kier molecular flexibility index (Phi) is 8.94. The molecule has 4 rings (SSSR count). The van der Waals surface area contributed by atoms with Crippen LogP contribution in [0, 0.1) is 0 Å². The van der Waals surface area contributed by atoms with Crippen LogP contribution in [0.2, 0.25) is 0 Å². The van der Waals surface area contributed by atoms with Gasteiger partial charge in [-0.15, -0.1) is 0 Å². The number of carbonyl (C=O) groups is 3. The van der Waals surface area contributed by atoms with Crippen LogP contribution in [0.5, 0.6) is 11.5 Å². The van der Waals surface area contributed by atoms with Crippen molar-refractivity contribution in [3.05, 3.63) is 95.7 Å². The first-order valence-electron chi connectivity index (χ1n) is 13.0. The summed E-state index contributed by atoms with van der Waals surface area (Å²) in [6, 6.07) is 20.5. The highest BCUT2D eigenvalue weighted by atomic mass is 16.6. The quantitative estimate of drug-likeness (QED) is 0.254. The number of rotatable bonds is 11. The lowest BCUT2D eigenvalue weighted by atomic mass is 9.89. The number of methoxy groups -OCH3 is 2. The topological polar surface area (TPSA) is 150 Å². The summed E-state index contributed by atoms with van der Waals surface area (Å²) in [5, 5.41) is 0.900. The molecule has 1 heterocycles. The van der Waals surface area contributed by atoms with Gasteiger partial charge in [-0.3, -0.25) is 9.59 Å².